The summed E-state index contributed by atoms with van der Waals surface area (Å²) in [7, 11) is 0. The maximum atomic E-state index is 3.85. The first-order valence-electron chi connectivity index (χ1n) is 8.59. The zero-order valence-electron chi connectivity index (χ0n) is 13.5. The van der Waals surface area contributed by atoms with E-state index in [2.05, 4.69) is 37.9 Å². The molecule has 0 aromatic rings. The summed E-state index contributed by atoms with van der Waals surface area (Å²) >= 11 is 0. The topological polar surface area (TPSA) is 15.3 Å². The Balaban J connectivity index is 2.00. The van der Waals surface area contributed by atoms with Crippen molar-refractivity contribution in [3.63, 3.8) is 0 Å². The fourth-order valence-corrected chi connectivity index (χ4v) is 4.31. The van der Waals surface area contributed by atoms with Crippen molar-refractivity contribution in [3.05, 3.63) is 0 Å². The Labute approximate surface area is 120 Å². The molecule has 0 amide bonds. The van der Waals surface area contributed by atoms with E-state index in [1.165, 1.54) is 51.7 Å². The molecule has 0 aromatic heterocycles. The number of nitrogens with zero attached hydrogens (tertiary/aromatic N) is 1. The number of hydrogen-bond donors (Lipinski definition) is 1. The van der Waals surface area contributed by atoms with Crippen LogP contribution in [-0.2, 0) is 0 Å². The number of piperidine rings is 1. The number of nitrogens with one attached hydrogen (secondary N) is 1. The fraction of sp³-hybridized carbons (Fsp3) is 1.00. The Morgan fingerprint density at radius 1 is 1.00 bits per heavy atom. The van der Waals surface area contributed by atoms with Gasteiger partial charge in [-0.25, -0.2) is 0 Å². The van der Waals surface area contributed by atoms with Crippen LogP contribution >= 0.6 is 0 Å². The van der Waals surface area contributed by atoms with Crippen LogP contribution in [0.15, 0.2) is 0 Å². The molecule has 4 atom stereocenters. The molecule has 2 aliphatic rings. The Morgan fingerprint density at radius 3 is 2.32 bits per heavy atom. The van der Waals surface area contributed by atoms with Gasteiger partial charge in [-0.15, -0.1) is 0 Å². The van der Waals surface area contributed by atoms with Crippen molar-refractivity contribution in [2.45, 2.75) is 71.9 Å². The van der Waals surface area contributed by atoms with E-state index >= 15 is 0 Å². The molecule has 2 nitrogen and oxygen atoms in total. The molecule has 0 bridgehead atoms. The molecule has 1 heterocycles. The molecule has 1 saturated carbocycles. The summed E-state index contributed by atoms with van der Waals surface area (Å²) in [6.07, 6.45) is 6.85. The quantitative estimate of drug-likeness (QED) is 0.837. The summed E-state index contributed by atoms with van der Waals surface area (Å²) in [6, 6.07) is 1.52. The SMILES string of the molecule is CCCNC1CC(C)CC(C)C1N1CCC(C)CC1. The molecule has 1 saturated heterocycles. The van der Waals surface area contributed by atoms with Crippen LogP contribution in [0.25, 0.3) is 0 Å². The second-order valence-electron chi connectivity index (χ2n) is 7.32. The lowest BCUT2D eigenvalue weighted by Crippen LogP contribution is -2.58. The normalized spacial score (nSPS) is 38.5. The number of rotatable bonds is 4. The first kappa shape index (κ1) is 15.3. The largest absolute Gasteiger partial charge is 0.312 e. The standard InChI is InChI=1S/C17H34N2/c1-5-8-18-16-12-14(3)11-15(4)17(16)19-9-6-13(2)7-10-19/h13-18H,5-12H2,1-4H3. The van der Waals surface area contributed by atoms with Crippen molar-refractivity contribution in [1.29, 1.82) is 0 Å². The van der Waals surface area contributed by atoms with Crippen LogP contribution in [0, 0.1) is 17.8 Å². The Morgan fingerprint density at radius 2 is 1.68 bits per heavy atom. The monoisotopic (exact) mass is 266 g/mol. The minimum atomic E-state index is 0.729. The van der Waals surface area contributed by atoms with E-state index in [1.807, 2.05) is 0 Å². The van der Waals surface area contributed by atoms with Crippen molar-refractivity contribution in [2.75, 3.05) is 19.6 Å². The highest BCUT2D eigenvalue weighted by Gasteiger charge is 2.38. The van der Waals surface area contributed by atoms with Crippen molar-refractivity contribution in [3.8, 4) is 0 Å². The van der Waals surface area contributed by atoms with Gasteiger partial charge in [0.2, 0.25) is 0 Å². The van der Waals surface area contributed by atoms with Gasteiger partial charge in [0, 0.05) is 12.1 Å². The lowest BCUT2D eigenvalue weighted by Gasteiger charge is -2.48. The van der Waals surface area contributed by atoms with Gasteiger partial charge >= 0.3 is 0 Å². The molecule has 0 radical (unpaired) electrons. The van der Waals surface area contributed by atoms with E-state index in [1.54, 1.807) is 0 Å². The van der Waals surface area contributed by atoms with Crippen LogP contribution in [0.3, 0.4) is 0 Å². The van der Waals surface area contributed by atoms with Crippen LogP contribution in [-0.4, -0.2) is 36.6 Å². The van der Waals surface area contributed by atoms with Crippen molar-refractivity contribution < 1.29 is 0 Å². The molecule has 2 rings (SSSR count). The summed E-state index contributed by atoms with van der Waals surface area (Å²) in [6.45, 7) is 13.5. The molecular formula is C17H34N2. The van der Waals surface area contributed by atoms with Crippen LogP contribution in [0.2, 0.25) is 0 Å². The highest BCUT2D eigenvalue weighted by atomic mass is 15.2. The lowest BCUT2D eigenvalue weighted by atomic mass is 9.75. The number of hydrogen-bond acceptors (Lipinski definition) is 2. The van der Waals surface area contributed by atoms with Gasteiger partial charge in [-0.3, -0.25) is 4.90 Å². The summed E-state index contributed by atoms with van der Waals surface area (Å²) < 4.78 is 0. The molecule has 4 unspecified atom stereocenters. The summed E-state index contributed by atoms with van der Waals surface area (Å²) in [5.74, 6) is 2.69. The van der Waals surface area contributed by atoms with Crippen LogP contribution < -0.4 is 5.32 Å². The lowest BCUT2D eigenvalue weighted by molar-refractivity contribution is 0.0384. The highest BCUT2D eigenvalue weighted by molar-refractivity contribution is 4.95. The Kier molecular flexibility index (Phi) is 5.70. The van der Waals surface area contributed by atoms with Gasteiger partial charge in [0.25, 0.3) is 0 Å². The van der Waals surface area contributed by atoms with E-state index in [9.17, 15) is 0 Å². The predicted molar refractivity (Wildman–Crippen MR) is 83.4 cm³/mol. The van der Waals surface area contributed by atoms with E-state index < -0.39 is 0 Å². The van der Waals surface area contributed by atoms with Gasteiger partial charge in [0.1, 0.15) is 0 Å². The minimum Gasteiger partial charge on any atom is -0.312 e. The first-order valence-corrected chi connectivity index (χ1v) is 8.59. The van der Waals surface area contributed by atoms with Gasteiger partial charge in [0.05, 0.1) is 0 Å². The first-order chi connectivity index (χ1) is 9.11. The molecule has 2 heteroatoms. The second kappa shape index (κ2) is 7.08. The molecular weight excluding hydrogens is 232 g/mol. The smallest absolute Gasteiger partial charge is 0.0275 e. The van der Waals surface area contributed by atoms with Crippen LogP contribution in [0.1, 0.15) is 59.8 Å². The number of likely N-dealkylation sites (tertiary alicyclic amines) is 1. The Bertz CT molecular complexity index is 258. The fourth-order valence-electron chi connectivity index (χ4n) is 4.31. The van der Waals surface area contributed by atoms with Gasteiger partial charge < -0.3 is 5.32 Å². The maximum absolute atomic E-state index is 3.85. The van der Waals surface area contributed by atoms with E-state index in [-0.39, 0.29) is 0 Å². The molecule has 19 heavy (non-hydrogen) atoms. The third-order valence-corrected chi connectivity index (χ3v) is 5.32. The van der Waals surface area contributed by atoms with Crippen molar-refractivity contribution in [2.24, 2.45) is 17.8 Å². The third kappa shape index (κ3) is 3.95. The van der Waals surface area contributed by atoms with E-state index in [0.717, 1.165) is 29.8 Å². The van der Waals surface area contributed by atoms with Gasteiger partial charge in [-0.1, -0.05) is 27.7 Å². The Hall–Kier alpha value is -0.0800. The van der Waals surface area contributed by atoms with E-state index in [0.29, 0.717) is 0 Å². The summed E-state index contributed by atoms with van der Waals surface area (Å²) in [5, 5.41) is 3.85. The van der Waals surface area contributed by atoms with Gasteiger partial charge in [0.15, 0.2) is 0 Å². The van der Waals surface area contributed by atoms with Crippen molar-refractivity contribution in [1.82, 2.24) is 10.2 Å². The predicted octanol–water partition coefficient (Wildman–Crippen LogP) is 3.52. The van der Waals surface area contributed by atoms with Gasteiger partial charge in [-0.05, 0) is 69.5 Å². The average molecular weight is 266 g/mol. The van der Waals surface area contributed by atoms with Gasteiger partial charge in [-0.2, -0.15) is 0 Å². The maximum Gasteiger partial charge on any atom is 0.0275 e. The zero-order valence-corrected chi connectivity index (χ0v) is 13.5. The van der Waals surface area contributed by atoms with E-state index in [4.69, 9.17) is 0 Å². The average Bonchev–Trinajstić information content (AvgIpc) is 2.37. The molecule has 1 aliphatic heterocycles. The van der Waals surface area contributed by atoms with Crippen LogP contribution in [0.4, 0.5) is 0 Å². The van der Waals surface area contributed by atoms with Crippen LogP contribution in [0.5, 0.6) is 0 Å². The minimum absolute atomic E-state index is 0.729. The summed E-state index contributed by atoms with van der Waals surface area (Å²) in [5.41, 5.74) is 0. The van der Waals surface area contributed by atoms with Crippen molar-refractivity contribution >= 4 is 0 Å². The zero-order chi connectivity index (χ0) is 13.8. The molecule has 0 aromatic carbocycles. The molecule has 112 valence electrons. The third-order valence-electron chi connectivity index (χ3n) is 5.32. The molecule has 2 fully saturated rings. The molecule has 1 N–H and O–H groups in total. The highest BCUT2D eigenvalue weighted by Crippen LogP contribution is 2.34. The second-order valence-corrected chi connectivity index (χ2v) is 7.32. The summed E-state index contributed by atoms with van der Waals surface area (Å²) in [4.78, 5) is 2.81. The molecule has 0 spiro atoms. The molecule has 1 aliphatic carbocycles.